The average Bonchev–Trinajstić information content (AvgIpc) is 2.34. The second-order valence-corrected chi connectivity index (χ2v) is 7.47. The Balaban J connectivity index is 3.14. The second kappa shape index (κ2) is 7.27. The van der Waals surface area contributed by atoms with Crippen molar-refractivity contribution in [3.05, 3.63) is 28.0 Å². The van der Waals surface area contributed by atoms with Crippen molar-refractivity contribution in [2.45, 2.75) is 31.2 Å². The Morgan fingerprint density at radius 1 is 1.30 bits per heavy atom. The van der Waals surface area contributed by atoms with E-state index in [0.29, 0.717) is 12.3 Å². The average molecular weight is 363 g/mol. The Bertz CT molecular complexity index is 578. The predicted molar refractivity (Wildman–Crippen MR) is 80.7 cm³/mol. The third kappa shape index (κ3) is 4.21. The molecule has 1 aromatic rings. The molecule has 1 aromatic carbocycles. The van der Waals surface area contributed by atoms with Crippen LogP contribution in [0.1, 0.15) is 20.3 Å². The number of rotatable bonds is 6. The third-order valence-electron chi connectivity index (χ3n) is 2.82. The van der Waals surface area contributed by atoms with Crippen LogP contribution >= 0.6 is 34.8 Å². The number of hydrogen-bond acceptors (Lipinski definition) is 2. The van der Waals surface area contributed by atoms with Crippen LogP contribution in [0.3, 0.4) is 0 Å². The number of benzene rings is 1. The predicted octanol–water partition coefficient (Wildman–Crippen LogP) is 4.06. The van der Waals surface area contributed by atoms with E-state index in [4.69, 9.17) is 34.8 Å². The molecule has 0 saturated heterocycles. The summed E-state index contributed by atoms with van der Waals surface area (Å²) in [6, 6.07) is 1.98. The van der Waals surface area contributed by atoms with E-state index in [-0.39, 0.29) is 21.9 Å². The smallest absolute Gasteiger partial charge is 0.208 e. The molecule has 3 nitrogen and oxygen atoms in total. The molecule has 0 saturated carbocycles. The molecule has 1 rings (SSSR count). The minimum atomic E-state index is -3.94. The fraction of sp³-hybridized carbons (Fsp3) is 0.500. The van der Waals surface area contributed by atoms with Crippen molar-refractivity contribution in [2.75, 3.05) is 5.88 Å². The third-order valence-corrected chi connectivity index (χ3v) is 5.34. The van der Waals surface area contributed by atoms with Gasteiger partial charge in [-0.15, -0.1) is 11.6 Å². The molecule has 1 unspecified atom stereocenters. The van der Waals surface area contributed by atoms with Gasteiger partial charge in [0, 0.05) is 11.9 Å². The lowest BCUT2D eigenvalue weighted by Crippen LogP contribution is -2.39. The number of nitrogens with one attached hydrogen (secondary N) is 1. The first-order valence-corrected chi connectivity index (χ1v) is 8.70. The van der Waals surface area contributed by atoms with Crippen LogP contribution in [-0.2, 0) is 10.0 Å². The van der Waals surface area contributed by atoms with Crippen molar-refractivity contribution in [1.29, 1.82) is 0 Å². The Hall–Kier alpha value is -0.0700. The highest BCUT2D eigenvalue weighted by Crippen LogP contribution is 2.29. The molecule has 0 radical (unpaired) electrons. The van der Waals surface area contributed by atoms with Gasteiger partial charge < -0.3 is 0 Å². The molecule has 0 spiro atoms. The molecule has 0 fully saturated rings. The quantitative estimate of drug-likeness (QED) is 0.612. The van der Waals surface area contributed by atoms with Gasteiger partial charge in [-0.1, -0.05) is 37.0 Å². The van der Waals surface area contributed by atoms with Crippen LogP contribution in [0.15, 0.2) is 17.0 Å². The van der Waals surface area contributed by atoms with Crippen molar-refractivity contribution >= 4 is 44.8 Å². The van der Waals surface area contributed by atoms with Crippen molar-refractivity contribution in [3.8, 4) is 0 Å². The van der Waals surface area contributed by atoms with E-state index < -0.39 is 20.9 Å². The monoisotopic (exact) mass is 361 g/mol. The van der Waals surface area contributed by atoms with Crippen LogP contribution < -0.4 is 4.72 Å². The summed E-state index contributed by atoms with van der Waals surface area (Å²) in [5.41, 5.74) is 0. The molecule has 0 amide bonds. The Labute approximate surface area is 133 Å². The topological polar surface area (TPSA) is 46.2 Å². The molecule has 0 aliphatic carbocycles. The fourth-order valence-corrected chi connectivity index (χ4v) is 4.02. The van der Waals surface area contributed by atoms with Gasteiger partial charge in [-0.2, -0.15) is 0 Å². The molecule has 0 heterocycles. The molecule has 0 aliphatic rings. The van der Waals surface area contributed by atoms with Gasteiger partial charge in [0.25, 0.3) is 0 Å². The molecule has 0 aliphatic heterocycles. The van der Waals surface area contributed by atoms with Gasteiger partial charge in [0.05, 0.1) is 10.0 Å². The standard InChI is InChI=1S/C12H15Cl3FNO2S/c1-7(2)9(5-6-13)17-20(18,19)10-4-3-8(14)12(16)11(10)15/h3-4,7,9,17H,5-6H2,1-2H3. The van der Waals surface area contributed by atoms with Crippen LogP contribution in [-0.4, -0.2) is 20.3 Å². The normalized spacial score (nSPS) is 13.8. The molecule has 0 bridgehead atoms. The Morgan fingerprint density at radius 2 is 1.90 bits per heavy atom. The zero-order chi connectivity index (χ0) is 15.5. The van der Waals surface area contributed by atoms with Crippen LogP contribution in [0.2, 0.25) is 10.0 Å². The SMILES string of the molecule is CC(C)C(CCCl)NS(=O)(=O)c1ccc(Cl)c(F)c1Cl. The van der Waals surface area contributed by atoms with Gasteiger partial charge in [-0.05, 0) is 24.5 Å². The van der Waals surface area contributed by atoms with Crippen LogP contribution in [0.5, 0.6) is 0 Å². The van der Waals surface area contributed by atoms with Crippen molar-refractivity contribution in [1.82, 2.24) is 4.72 Å². The lowest BCUT2D eigenvalue weighted by molar-refractivity contribution is 0.439. The largest absolute Gasteiger partial charge is 0.242 e. The zero-order valence-corrected chi connectivity index (χ0v) is 14.0. The van der Waals surface area contributed by atoms with Gasteiger partial charge in [-0.25, -0.2) is 17.5 Å². The van der Waals surface area contributed by atoms with Crippen LogP contribution in [0.4, 0.5) is 4.39 Å². The molecular weight excluding hydrogens is 348 g/mol. The molecule has 20 heavy (non-hydrogen) atoms. The Kier molecular flexibility index (Phi) is 6.54. The molecular formula is C12H15Cl3FNO2S. The summed E-state index contributed by atoms with van der Waals surface area (Å²) >= 11 is 16.9. The summed E-state index contributed by atoms with van der Waals surface area (Å²) in [5.74, 6) is -0.595. The van der Waals surface area contributed by atoms with E-state index >= 15 is 0 Å². The van der Waals surface area contributed by atoms with Gasteiger partial charge in [0.1, 0.15) is 4.90 Å². The first kappa shape index (κ1) is 18.0. The maximum atomic E-state index is 13.6. The second-order valence-electron chi connectivity index (χ2n) is 4.62. The van der Waals surface area contributed by atoms with E-state index in [1.165, 1.54) is 6.07 Å². The van der Waals surface area contributed by atoms with Gasteiger partial charge in [-0.3, -0.25) is 0 Å². The molecule has 0 aromatic heterocycles. The summed E-state index contributed by atoms with van der Waals surface area (Å²) in [6.45, 7) is 3.73. The lowest BCUT2D eigenvalue weighted by atomic mass is 10.0. The lowest BCUT2D eigenvalue weighted by Gasteiger charge is -2.21. The number of hydrogen-bond donors (Lipinski definition) is 1. The molecule has 1 atom stereocenters. The summed E-state index contributed by atoms with van der Waals surface area (Å²) in [7, 11) is -3.94. The molecule has 1 N–H and O–H groups in total. The maximum absolute atomic E-state index is 13.6. The van der Waals surface area contributed by atoms with E-state index in [1.54, 1.807) is 0 Å². The summed E-state index contributed by atoms with van der Waals surface area (Å²) in [5, 5.41) is -0.742. The Morgan fingerprint density at radius 3 is 2.40 bits per heavy atom. The zero-order valence-electron chi connectivity index (χ0n) is 11.0. The summed E-state index contributed by atoms with van der Waals surface area (Å²) in [6.07, 6.45) is 0.464. The van der Waals surface area contributed by atoms with Crippen molar-refractivity contribution in [2.24, 2.45) is 5.92 Å². The number of halogens is 4. The van der Waals surface area contributed by atoms with Crippen LogP contribution in [0, 0.1) is 11.7 Å². The van der Waals surface area contributed by atoms with E-state index in [2.05, 4.69) is 4.72 Å². The first-order valence-electron chi connectivity index (χ1n) is 5.92. The van der Waals surface area contributed by atoms with Crippen molar-refractivity contribution < 1.29 is 12.8 Å². The van der Waals surface area contributed by atoms with E-state index in [0.717, 1.165) is 6.07 Å². The van der Waals surface area contributed by atoms with E-state index in [1.807, 2.05) is 13.8 Å². The van der Waals surface area contributed by atoms with E-state index in [9.17, 15) is 12.8 Å². The highest BCUT2D eigenvalue weighted by atomic mass is 35.5. The fourth-order valence-electron chi connectivity index (χ4n) is 1.62. The number of sulfonamides is 1. The first-order chi connectivity index (χ1) is 9.20. The van der Waals surface area contributed by atoms with Gasteiger partial charge in [0.2, 0.25) is 10.0 Å². The summed E-state index contributed by atoms with van der Waals surface area (Å²) in [4.78, 5) is -0.332. The summed E-state index contributed by atoms with van der Waals surface area (Å²) < 4.78 is 40.6. The van der Waals surface area contributed by atoms with Gasteiger partial charge in [0.15, 0.2) is 5.82 Å². The number of alkyl halides is 1. The molecule has 114 valence electrons. The molecule has 8 heteroatoms. The highest BCUT2D eigenvalue weighted by molar-refractivity contribution is 7.89. The van der Waals surface area contributed by atoms with Crippen molar-refractivity contribution in [3.63, 3.8) is 0 Å². The highest BCUT2D eigenvalue weighted by Gasteiger charge is 2.26. The van der Waals surface area contributed by atoms with Crippen LogP contribution in [0.25, 0.3) is 0 Å². The minimum absolute atomic E-state index is 0.0412. The van der Waals surface area contributed by atoms with Gasteiger partial charge >= 0.3 is 0 Å². The maximum Gasteiger partial charge on any atom is 0.242 e. The minimum Gasteiger partial charge on any atom is -0.208 e.